The number of aromatic nitrogens is 4. The molecule has 1 aliphatic heterocycles. The first-order valence-corrected chi connectivity index (χ1v) is 10.3. The van der Waals surface area contributed by atoms with E-state index in [9.17, 15) is 22.0 Å². The Morgan fingerprint density at radius 2 is 1.77 bits per heavy atom. The lowest BCUT2D eigenvalue weighted by molar-refractivity contribution is -0.274. The SMILES string of the molecule is Fc1cccc(-c2nc3c([nH]2)CN(Cc2ccc(-c4ccc(OC(F)(F)F)cc4)nn2)N=C3)c1F. The maximum Gasteiger partial charge on any atom is 0.573 e. The molecule has 0 saturated carbocycles. The second-order valence-electron chi connectivity index (χ2n) is 7.60. The van der Waals surface area contributed by atoms with Crippen molar-refractivity contribution >= 4 is 6.21 Å². The maximum atomic E-state index is 14.1. The molecule has 5 rings (SSSR count). The summed E-state index contributed by atoms with van der Waals surface area (Å²) in [6.45, 7) is 0.643. The summed E-state index contributed by atoms with van der Waals surface area (Å²) in [7, 11) is 0. The number of alkyl halides is 3. The number of nitrogens with one attached hydrogen (secondary N) is 1. The van der Waals surface area contributed by atoms with E-state index < -0.39 is 18.0 Å². The minimum absolute atomic E-state index is 0.0267. The second-order valence-corrected chi connectivity index (χ2v) is 7.60. The molecule has 2 aromatic heterocycles. The zero-order valence-electron chi connectivity index (χ0n) is 17.7. The van der Waals surface area contributed by atoms with Crippen LogP contribution in [0.2, 0.25) is 0 Å². The highest BCUT2D eigenvalue weighted by atomic mass is 19.4. The average molecular weight is 486 g/mol. The number of hydrogen-bond donors (Lipinski definition) is 1. The Morgan fingerprint density at radius 3 is 2.49 bits per heavy atom. The fourth-order valence-electron chi connectivity index (χ4n) is 3.53. The van der Waals surface area contributed by atoms with Crippen molar-refractivity contribution in [1.82, 2.24) is 25.2 Å². The lowest BCUT2D eigenvalue weighted by Crippen LogP contribution is -2.22. The van der Waals surface area contributed by atoms with Crippen molar-refractivity contribution in [3.05, 3.63) is 83.3 Å². The Bertz CT molecular complexity index is 1380. The standard InChI is InChI=1S/C23H15F5N6O/c24-17-3-1-2-16(21(17)25)22-30-19-10-29-34(12-20(19)31-22)11-14-6-9-18(33-32-14)13-4-7-15(8-5-13)35-23(26,27)28/h1-10H,11-12H2,(H,30,31). The van der Waals surface area contributed by atoms with Crippen LogP contribution in [0.15, 0.2) is 59.7 Å². The fourth-order valence-corrected chi connectivity index (χ4v) is 3.53. The third-order valence-electron chi connectivity index (χ3n) is 5.15. The molecule has 12 heteroatoms. The monoisotopic (exact) mass is 486 g/mol. The van der Waals surface area contributed by atoms with E-state index in [0.717, 1.165) is 6.07 Å². The first kappa shape index (κ1) is 22.4. The summed E-state index contributed by atoms with van der Waals surface area (Å²) >= 11 is 0. The van der Waals surface area contributed by atoms with Gasteiger partial charge in [-0.15, -0.1) is 13.2 Å². The summed E-state index contributed by atoms with van der Waals surface area (Å²) in [6.07, 6.45) is -3.24. The molecule has 7 nitrogen and oxygen atoms in total. The average Bonchev–Trinajstić information content (AvgIpc) is 3.24. The number of nitrogens with zero attached hydrogens (tertiary/aromatic N) is 5. The third kappa shape index (κ3) is 4.95. The number of fused-ring (bicyclic) bond motifs is 1. The van der Waals surface area contributed by atoms with Crippen molar-refractivity contribution in [3.63, 3.8) is 0 Å². The van der Waals surface area contributed by atoms with Gasteiger partial charge in [0, 0.05) is 5.56 Å². The highest BCUT2D eigenvalue weighted by Crippen LogP contribution is 2.27. The summed E-state index contributed by atoms with van der Waals surface area (Å²) in [4.78, 5) is 7.31. The van der Waals surface area contributed by atoms with Crippen LogP contribution in [0.5, 0.6) is 5.75 Å². The molecule has 1 aliphatic rings. The molecule has 0 radical (unpaired) electrons. The first-order valence-electron chi connectivity index (χ1n) is 10.3. The van der Waals surface area contributed by atoms with Gasteiger partial charge in [0.1, 0.15) is 17.3 Å². The molecule has 3 heterocycles. The molecule has 4 aromatic rings. The zero-order chi connectivity index (χ0) is 24.6. The smallest absolute Gasteiger partial charge is 0.406 e. The Balaban J connectivity index is 1.25. The van der Waals surface area contributed by atoms with E-state index in [1.807, 2.05) is 0 Å². The number of rotatable bonds is 5. The number of ether oxygens (including phenoxy) is 1. The lowest BCUT2D eigenvalue weighted by Gasteiger charge is -2.20. The van der Waals surface area contributed by atoms with Gasteiger partial charge >= 0.3 is 6.36 Å². The minimum atomic E-state index is -4.76. The Morgan fingerprint density at radius 1 is 0.971 bits per heavy atom. The van der Waals surface area contributed by atoms with E-state index in [0.29, 0.717) is 41.4 Å². The van der Waals surface area contributed by atoms with Gasteiger partial charge in [-0.25, -0.2) is 13.8 Å². The molecule has 0 unspecified atom stereocenters. The molecule has 0 aliphatic carbocycles. The predicted octanol–water partition coefficient (Wildman–Crippen LogP) is 5.06. The molecule has 0 spiro atoms. The number of aromatic amines is 1. The van der Waals surface area contributed by atoms with Crippen LogP contribution in [0.3, 0.4) is 0 Å². The van der Waals surface area contributed by atoms with E-state index in [-0.39, 0.29) is 17.1 Å². The van der Waals surface area contributed by atoms with Gasteiger partial charge in [0.2, 0.25) is 0 Å². The van der Waals surface area contributed by atoms with Crippen LogP contribution in [0.4, 0.5) is 22.0 Å². The molecule has 1 N–H and O–H groups in total. The van der Waals surface area contributed by atoms with Crippen LogP contribution in [0, 0.1) is 11.6 Å². The van der Waals surface area contributed by atoms with Crippen LogP contribution in [-0.4, -0.2) is 37.8 Å². The molecular weight excluding hydrogens is 471 g/mol. The number of benzene rings is 2. The Kier molecular flexibility index (Phi) is 5.63. The second kappa shape index (κ2) is 8.78. The van der Waals surface area contributed by atoms with Crippen LogP contribution in [0.25, 0.3) is 22.6 Å². The number of halogens is 5. The summed E-state index contributed by atoms with van der Waals surface area (Å²) in [5.74, 6) is -2.06. The highest BCUT2D eigenvalue weighted by molar-refractivity contribution is 5.80. The van der Waals surface area contributed by atoms with Crippen molar-refractivity contribution in [2.45, 2.75) is 19.5 Å². The van der Waals surface area contributed by atoms with E-state index in [4.69, 9.17) is 0 Å². The van der Waals surface area contributed by atoms with Gasteiger partial charge in [0.25, 0.3) is 0 Å². The molecule has 0 saturated heterocycles. The molecular formula is C23H15F5N6O. The van der Waals surface area contributed by atoms with Gasteiger partial charge in [-0.3, -0.25) is 5.01 Å². The van der Waals surface area contributed by atoms with Crippen molar-refractivity contribution in [3.8, 4) is 28.4 Å². The Labute approximate surface area is 194 Å². The topological polar surface area (TPSA) is 79.3 Å². The van der Waals surface area contributed by atoms with Gasteiger partial charge < -0.3 is 9.72 Å². The van der Waals surface area contributed by atoms with Crippen LogP contribution < -0.4 is 4.74 Å². The summed E-state index contributed by atoms with van der Waals surface area (Å²) in [6, 6.07) is 12.6. The summed E-state index contributed by atoms with van der Waals surface area (Å²) in [5.41, 5.74) is 2.89. The molecule has 0 bridgehead atoms. The fraction of sp³-hybridized carbons (Fsp3) is 0.130. The van der Waals surface area contributed by atoms with Crippen molar-refractivity contribution < 1.29 is 26.7 Å². The summed E-state index contributed by atoms with van der Waals surface area (Å²) in [5, 5.41) is 14.3. The zero-order valence-corrected chi connectivity index (χ0v) is 17.7. The van der Waals surface area contributed by atoms with E-state index >= 15 is 0 Å². The van der Waals surface area contributed by atoms with Crippen molar-refractivity contribution in [2.24, 2.45) is 5.10 Å². The van der Waals surface area contributed by atoms with Crippen LogP contribution >= 0.6 is 0 Å². The van der Waals surface area contributed by atoms with E-state index in [2.05, 4.69) is 30.0 Å². The molecule has 2 aromatic carbocycles. The summed E-state index contributed by atoms with van der Waals surface area (Å²) < 4.78 is 68.4. The highest BCUT2D eigenvalue weighted by Gasteiger charge is 2.31. The quantitative estimate of drug-likeness (QED) is 0.399. The largest absolute Gasteiger partial charge is 0.573 e. The predicted molar refractivity (Wildman–Crippen MR) is 115 cm³/mol. The number of H-pyrrole nitrogens is 1. The normalized spacial score (nSPS) is 13.1. The molecule has 35 heavy (non-hydrogen) atoms. The number of hydrazone groups is 1. The van der Waals surface area contributed by atoms with E-state index in [1.165, 1.54) is 42.6 Å². The van der Waals surface area contributed by atoms with Gasteiger partial charge in [-0.2, -0.15) is 15.3 Å². The van der Waals surface area contributed by atoms with E-state index in [1.54, 1.807) is 17.1 Å². The number of imidazole rings is 1. The lowest BCUT2D eigenvalue weighted by atomic mass is 10.1. The van der Waals surface area contributed by atoms with Crippen molar-refractivity contribution in [2.75, 3.05) is 0 Å². The molecule has 178 valence electrons. The van der Waals surface area contributed by atoms with Gasteiger partial charge in [-0.05, 0) is 48.5 Å². The first-order chi connectivity index (χ1) is 16.7. The van der Waals surface area contributed by atoms with Gasteiger partial charge in [0.15, 0.2) is 11.6 Å². The van der Waals surface area contributed by atoms with Crippen molar-refractivity contribution in [1.29, 1.82) is 0 Å². The van der Waals surface area contributed by atoms with Crippen LogP contribution in [0.1, 0.15) is 17.1 Å². The van der Waals surface area contributed by atoms with Gasteiger partial charge in [0.05, 0.1) is 41.9 Å². The molecule has 0 amide bonds. The van der Waals surface area contributed by atoms with Gasteiger partial charge in [-0.1, -0.05) is 6.07 Å². The third-order valence-corrected chi connectivity index (χ3v) is 5.15. The van der Waals surface area contributed by atoms with Crippen LogP contribution in [-0.2, 0) is 13.1 Å². The number of hydrogen-bond acceptors (Lipinski definition) is 6. The maximum absolute atomic E-state index is 14.1. The minimum Gasteiger partial charge on any atom is -0.406 e. The Hall–Kier alpha value is -4.35. The molecule has 0 atom stereocenters. The molecule has 0 fully saturated rings.